The van der Waals surface area contributed by atoms with Crippen molar-refractivity contribution in [3.8, 4) is 0 Å². The van der Waals surface area contributed by atoms with Crippen LogP contribution in [-0.4, -0.2) is 10.8 Å². The van der Waals surface area contributed by atoms with Crippen LogP contribution in [0.3, 0.4) is 0 Å². The van der Waals surface area contributed by atoms with E-state index in [0.29, 0.717) is 15.8 Å². The molecule has 1 amide bonds. The number of nitro groups is 1. The van der Waals surface area contributed by atoms with Crippen molar-refractivity contribution in [2.24, 2.45) is 10.2 Å². The highest BCUT2D eigenvalue weighted by atomic mass is 79.9. The summed E-state index contributed by atoms with van der Waals surface area (Å²) in [6.45, 7) is 5.03. The van der Waals surface area contributed by atoms with Gasteiger partial charge in [0, 0.05) is 13.0 Å². The molecule has 0 spiro atoms. The number of aryl methyl sites for hydroxylation is 2. The van der Waals surface area contributed by atoms with E-state index in [1.807, 2.05) is 13.0 Å². The van der Waals surface area contributed by atoms with Crippen LogP contribution >= 0.6 is 15.9 Å². The van der Waals surface area contributed by atoms with Gasteiger partial charge in [-0.1, -0.05) is 6.07 Å². The Bertz CT molecular complexity index is 849. The van der Waals surface area contributed by atoms with E-state index in [4.69, 9.17) is 0 Å². The van der Waals surface area contributed by atoms with Gasteiger partial charge in [0.1, 0.15) is 5.69 Å². The highest BCUT2D eigenvalue weighted by molar-refractivity contribution is 9.10. The molecule has 0 aliphatic carbocycles. The van der Waals surface area contributed by atoms with Crippen LogP contribution in [0.2, 0.25) is 0 Å². The maximum Gasteiger partial charge on any atom is 0.298 e. The van der Waals surface area contributed by atoms with Crippen molar-refractivity contribution >= 4 is 44.6 Å². The molecule has 0 heterocycles. The second kappa shape index (κ2) is 7.31. The van der Waals surface area contributed by atoms with Gasteiger partial charge in [0.15, 0.2) is 5.69 Å². The summed E-state index contributed by atoms with van der Waals surface area (Å²) in [5, 5.41) is 22.0. The topological polar surface area (TPSA) is 97.0 Å². The molecule has 0 saturated carbocycles. The first-order valence-electron chi connectivity index (χ1n) is 7.02. The van der Waals surface area contributed by atoms with Crippen LogP contribution in [0.4, 0.5) is 22.7 Å². The van der Waals surface area contributed by atoms with Crippen molar-refractivity contribution < 1.29 is 9.72 Å². The number of rotatable bonds is 4. The average molecular weight is 391 g/mol. The Kier molecular flexibility index (Phi) is 5.40. The molecule has 24 heavy (non-hydrogen) atoms. The highest BCUT2D eigenvalue weighted by Gasteiger charge is 2.18. The van der Waals surface area contributed by atoms with Gasteiger partial charge in [-0.2, -0.15) is 0 Å². The number of carbonyl (C=O) groups is 1. The van der Waals surface area contributed by atoms with E-state index in [1.165, 1.54) is 13.0 Å². The Morgan fingerprint density at radius 2 is 1.88 bits per heavy atom. The van der Waals surface area contributed by atoms with Gasteiger partial charge in [0.25, 0.3) is 5.69 Å². The van der Waals surface area contributed by atoms with Crippen LogP contribution in [0.1, 0.15) is 18.1 Å². The first-order chi connectivity index (χ1) is 11.3. The summed E-state index contributed by atoms with van der Waals surface area (Å²) in [6, 6.07) is 8.43. The summed E-state index contributed by atoms with van der Waals surface area (Å²) >= 11 is 3.28. The Labute approximate surface area is 147 Å². The maximum absolute atomic E-state index is 11.3. The highest BCUT2D eigenvalue weighted by Crippen LogP contribution is 2.38. The Balaban J connectivity index is 2.49. The molecular formula is C16H15BrN4O3. The van der Waals surface area contributed by atoms with Crippen molar-refractivity contribution in [3.63, 3.8) is 0 Å². The fraction of sp³-hybridized carbons (Fsp3) is 0.188. The fourth-order valence-corrected chi connectivity index (χ4v) is 2.73. The quantitative estimate of drug-likeness (QED) is 0.432. The maximum atomic E-state index is 11.3. The molecule has 2 aromatic rings. The molecule has 0 atom stereocenters. The van der Waals surface area contributed by atoms with E-state index in [0.717, 1.165) is 11.1 Å². The van der Waals surface area contributed by atoms with Gasteiger partial charge in [-0.05, 0) is 59.1 Å². The van der Waals surface area contributed by atoms with Gasteiger partial charge in [-0.3, -0.25) is 14.9 Å². The molecule has 0 aliphatic rings. The zero-order valence-corrected chi connectivity index (χ0v) is 14.9. The molecule has 0 fully saturated rings. The molecule has 0 unspecified atom stereocenters. The number of nitro benzene ring substituents is 1. The minimum atomic E-state index is -0.504. The number of anilines is 1. The lowest BCUT2D eigenvalue weighted by atomic mass is 10.2. The summed E-state index contributed by atoms with van der Waals surface area (Å²) in [7, 11) is 0. The Hall–Kier alpha value is -2.61. The van der Waals surface area contributed by atoms with Gasteiger partial charge < -0.3 is 5.32 Å². The van der Waals surface area contributed by atoms with Crippen molar-refractivity contribution in [2.75, 3.05) is 5.32 Å². The van der Waals surface area contributed by atoms with E-state index < -0.39 is 4.92 Å². The van der Waals surface area contributed by atoms with Gasteiger partial charge in [0.05, 0.1) is 15.1 Å². The second-order valence-corrected chi connectivity index (χ2v) is 6.13. The normalized spacial score (nSPS) is 10.8. The van der Waals surface area contributed by atoms with E-state index in [2.05, 4.69) is 31.5 Å². The van der Waals surface area contributed by atoms with Crippen LogP contribution in [0.5, 0.6) is 0 Å². The summed E-state index contributed by atoms with van der Waals surface area (Å²) in [4.78, 5) is 22.0. The fourth-order valence-electron chi connectivity index (χ4n) is 2.09. The van der Waals surface area contributed by atoms with E-state index >= 15 is 0 Å². The third-order valence-corrected chi connectivity index (χ3v) is 3.71. The monoisotopic (exact) mass is 390 g/mol. The molecule has 0 aliphatic heterocycles. The summed E-state index contributed by atoms with van der Waals surface area (Å²) in [5.74, 6) is -0.237. The van der Waals surface area contributed by atoms with Crippen molar-refractivity contribution in [3.05, 3.63) is 56.0 Å². The summed E-state index contributed by atoms with van der Waals surface area (Å²) in [5.41, 5.74) is 2.58. The number of nitrogens with zero attached hydrogens (tertiary/aromatic N) is 3. The zero-order valence-electron chi connectivity index (χ0n) is 13.3. The van der Waals surface area contributed by atoms with Gasteiger partial charge in [-0.25, -0.2) is 0 Å². The number of amides is 1. The first-order valence-corrected chi connectivity index (χ1v) is 7.81. The van der Waals surface area contributed by atoms with Crippen molar-refractivity contribution in [2.45, 2.75) is 20.8 Å². The van der Waals surface area contributed by atoms with E-state index in [1.54, 1.807) is 25.1 Å². The number of carbonyl (C=O) groups excluding carboxylic acids is 1. The number of hydrogen-bond donors (Lipinski definition) is 1. The van der Waals surface area contributed by atoms with Gasteiger partial charge in [0.2, 0.25) is 5.91 Å². The zero-order chi connectivity index (χ0) is 17.9. The minimum Gasteiger partial charge on any atom is -0.324 e. The van der Waals surface area contributed by atoms with Gasteiger partial charge in [-0.15, -0.1) is 10.2 Å². The third kappa shape index (κ3) is 4.23. The molecule has 0 saturated heterocycles. The molecule has 7 nitrogen and oxygen atoms in total. The van der Waals surface area contributed by atoms with Crippen molar-refractivity contribution in [1.29, 1.82) is 0 Å². The Morgan fingerprint density at radius 3 is 2.50 bits per heavy atom. The first kappa shape index (κ1) is 17.7. The lowest BCUT2D eigenvalue weighted by Gasteiger charge is -2.07. The minimum absolute atomic E-state index is 0.125. The molecule has 2 rings (SSSR count). The summed E-state index contributed by atoms with van der Waals surface area (Å²) in [6.07, 6.45) is 0. The lowest BCUT2D eigenvalue weighted by molar-refractivity contribution is -0.384. The number of nitrogens with one attached hydrogen (secondary N) is 1. The number of benzene rings is 2. The van der Waals surface area contributed by atoms with Crippen LogP contribution in [0, 0.1) is 24.0 Å². The predicted octanol–water partition coefficient (Wildman–Crippen LogP) is 5.35. The standard InChI is InChI=1S/C16H15BrN4O3/c1-9-4-5-13(14(7-9)18-11(3)22)19-20-16-12(17)6-10(2)8-15(16)21(23)24/h4-8H,1-3H3,(H,18,22). The molecular weight excluding hydrogens is 376 g/mol. The number of hydrogen-bond acceptors (Lipinski definition) is 5. The second-order valence-electron chi connectivity index (χ2n) is 5.27. The number of azo groups is 1. The van der Waals surface area contributed by atoms with Crippen LogP contribution < -0.4 is 5.32 Å². The molecule has 1 N–H and O–H groups in total. The third-order valence-electron chi connectivity index (χ3n) is 3.10. The molecule has 124 valence electrons. The van der Waals surface area contributed by atoms with Crippen molar-refractivity contribution in [1.82, 2.24) is 0 Å². The molecule has 8 heteroatoms. The van der Waals surface area contributed by atoms with Crippen LogP contribution in [0.25, 0.3) is 0 Å². The molecule has 0 radical (unpaired) electrons. The SMILES string of the molecule is CC(=O)Nc1cc(C)ccc1N=Nc1c(Br)cc(C)cc1[N+](=O)[O-]. The van der Waals surface area contributed by atoms with Crippen LogP contribution in [-0.2, 0) is 4.79 Å². The average Bonchev–Trinajstić information content (AvgIpc) is 2.46. The largest absolute Gasteiger partial charge is 0.324 e. The molecule has 2 aromatic carbocycles. The van der Waals surface area contributed by atoms with Gasteiger partial charge >= 0.3 is 0 Å². The Morgan fingerprint density at radius 1 is 1.17 bits per heavy atom. The number of halogens is 1. The van der Waals surface area contributed by atoms with Crippen LogP contribution in [0.15, 0.2) is 45.0 Å². The summed E-state index contributed by atoms with van der Waals surface area (Å²) < 4.78 is 0.478. The van der Waals surface area contributed by atoms with E-state index in [-0.39, 0.29) is 17.3 Å². The smallest absolute Gasteiger partial charge is 0.298 e. The lowest BCUT2D eigenvalue weighted by Crippen LogP contribution is -2.05. The molecule has 0 bridgehead atoms. The molecule has 0 aromatic heterocycles. The van der Waals surface area contributed by atoms with E-state index in [9.17, 15) is 14.9 Å². The predicted molar refractivity (Wildman–Crippen MR) is 95.2 cm³/mol.